The molecule has 1 saturated heterocycles. The van der Waals surface area contributed by atoms with Gasteiger partial charge in [0.2, 0.25) is 11.2 Å². The van der Waals surface area contributed by atoms with E-state index in [2.05, 4.69) is 24.4 Å². The standard InChI is InChI=1S/C24H29ClN6O3/c1-24(2,3)34-23(32)30-13-11-29(12-14-30)16-7-9-18(10-8-16)33-21-19-20(27-22(25)28-21)26-15-31(19)17-5-4-6-17/h7-10,15,17H,4-6,11-14H2,1-3H3. The summed E-state index contributed by atoms with van der Waals surface area (Å²) >= 11 is 6.13. The number of imidazole rings is 1. The lowest BCUT2D eigenvalue weighted by atomic mass is 9.93. The van der Waals surface area contributed by atoms with Crippen molar-refractivity contribution in [3.63, 3.8) is 0 Å². The van der Waals surface area contributed by atoms with E-state index in [4.69, 9.17) is 21.1 Å². The van der Waals surface area contributed by atoms with E-state index in [0.717, 1.165) is 37.1 Å². The van der Waals surface area contributed by atoms with Crippen LogP contribution in [0.15, 0.2) is 30.6 Å². The molecule has 0 spiro atoms. The lowest BCUT2D eigenvalue weighted by Gasteiger charge is -2.36. The van der Waals surface area contributed by atoms with E-state index >= 15 is 0 Å². The van der Waals surface area contributed by atoms with Gasteiger partial charge in [0, 0.05) is 37.9 Å². The maximum atomic E-state index is 12.3. The van der Waals surface area contributed by atoms with Gasteiger partial charge < -0.3 is 23.8 Å². The molecule has 34 heavy (non-hydrogen) atoms. The van der Waals surface area contributed by atoms with Crippen molar-refractivity contribution in [2.45, 2.75) is 51.7 Å². The number of carbonyl (C=O) groups excluding carboxylic acids is 1. The number of hydrogen-bond acceptors (Lipinski definition) is 7. The number of rotatable bonds is 4. The summed E-state index contributed by atoms with van der Waals surface area (Å²) in [6.07, 6.45) is 4.98. The summed E-state index contributed by atoms with van der Waals surface area (Å²) in [5.74, 6) is 1.08. The van der Waals surface area contributed by atoms with Crippen molar-refractivity contribution in [1.82, 2.24) is 24.4 Å². The van der Waals surface area contributed by atoms with Crippen LogP contribution in [-0.4, -0.2) is 62.3 Å². The highest BCUT2D eigenvalue weighted by Gasteiger charge is 2.27. The van der Waals surface area contributed by atoms with Gasteiger partial charge >= 0.3 is 6.09 Å². The molecule has 2 fully saturated rings. The van der Waals surface area contributed by atoms with E-state index in [0.29, 0.717) is 36.4 Å². The Morgan fingerprint density at radius 3 is 2.38 bits per heavy atom. The van der Waals surface area contributed by atoms with Gasteiger partial charge in [0.1, 0.15) is 11.4 Å². The number of aromatic nitrogens is 4. The molecule has 0 N–H and O–H groups in total. The number of fused-ring (bicyclic) bond motifs is 1. The Kier molecular flexibility index (Phi) is 5.97. The van der Waals surface area contributed by atoms with Crippen LogP contribution in [-0.2, 0) is 4.74 Å². The first kappa shape index (κ1) is 22.7. The van der Waals surface area contributed by atoms with Gasteiger partial charge in [-0.05, 0) is 75.9 Å². The molecule has 3 aromatic rings. The smallest absolute Gasteiger partial charge is 0.410 e. The second-order valence-corrected chi connectivity index (χ2v) is 10.1. The Bertz CT molecular complexity index is 1180. The van der Waals surface area contributed by atoms with Crippen LogP contribution in [0.4, 0.5) is 10.5 Å². The minimum Gasteiger partial charge on any atom is -0.444 e. The molecule has 180 valence electrons. The first-order valence-corrected chi connectivity index (χ1v) is 12.1. The van der Waals surface area contributed by atoms with Crippen molar-refractivity contribution >= 4 is 34.5 Å². The average Bonchev–Trinajstić information content (AvgIpc) is 3.15. The van der Waals surface area contributed by atoms with Crippen LogP contribution in [0, 0.1) is 0 Å². The Labute approximate surface area is 203 Å². The molecule has 1 saturated carbocycles. The number of halogens is 1. The topological polar surface area (TPSA) is 85.6 Å². The number of amides is 1. The lowest BCUT2D eigenvalue weighted by molar-refractivity contribution is 0.0240. The Morgan fingerprint density at radius 2 is 1.76 bits per heavy atom. The molecule has 0 bridgehead atoms. The van der Waals surface area contributed by atoms with Crippen LogP contribution in [0.3, 0.4) is 0 Å². The largest absolute Gasteiger partial charge is 0.444 e. The third-order valence-electron chi connectivity index (χ3n) is 6.18. The van der Waals surface area contributed by atoms with Gasteiger partial charge in [-0.3, -0.25) is 0 Å². The van der Waals surface area contributed by atoms with E-state index in [9.17, 15) is 4.79 Å². The maximum Gasteiger partial charge on any atom is 0.410 e. The molecule has 1 aliphatic carbocycles. The van der Waals surface area contributed by atoms with Crippen molar-refractivity contribution in [2.75, 3.05) is 31.1 Å². The van der Waals surface area contributed by atoms with E-state index in [1.165, 1.54) is 6.42 Å². The molecule has 5 rings (SSSR count). The molecule has 0 unspecified atom stereocenters. The minimum atomic E-state index is -0.487. The molecule has 10 heteroatoms. The second kappa shape index (κ2) is 8.94. The number of carbonyl (C=O) groups is 1. The van der Waals surface area contributed by atoms with Gasteiger partial charge in [-0.15, -0.1) is 0 Å². The van der Waals surface area contributed by atoms with Gasteiger partial charge in [-0.1, -0.05) is 0 Å². The Balaban J connectivity index is 1.26. The van der Waals surface area contributed by atoms with E-state index in [-0.39, 0.29) is 11.4 Å². The fraction of sp³-hybridized carbons (Fsp3) is 0.500. The van der Waals surface area contributed by atoms with Gasteiger partial charge in [-0.25, -0.2) is 9.78 Å². The summed E-state index contributed by atoms with van der Waals surface area (Å²) in [4.78, 5) is 29.3. The van der Waals surface area contributed by atoms with Gasteiger partial charge in [0.05, 0.1) is 6.33 Å². The van der Waals surface area contributed by atoms with Crippen LogP contribution < -0.4 is 9.64 Å². The minimum absolute atomic E-state index is 0.112. The van der Waals surface area contributed by atoms with Crippen molar-refractivity contribution in [3.05, 3.63) is 35.9 Å². The number of nitrogens with zero attached hydrogens (tertiary/aromatic N) is 6. The average molecular weight is 485 g/mol. The molecule has 1 amide bonds. The van der Waals surface area contributed by atoms with Gasteiger partial charge in [-0.2, -0.15) is 9.97 Å². The van der Waals surface area contributed by atoms with E-state index < -0.39 is 5.60 Å². The molecule has 2 aliphatic rings. The monoisotopic (exact) mass is 484 g/mol. The van der Waals surface area contributed by atoms with Crippen LogP contribution in [0.5, 0.6) is 11.6 Å². The van der Waals surface area contributed by atoms with Gasteiger partial charge in [0.25, 0.3) is 0 Å². The highest BCUT2D eigenvalue weighted by Crippen LogP contribution is 2.37. The maximum absolute atomic E-state index is 12.3. The molecule has 0 radical (unpaired) electrons. The summed E-state index contributed by atoms with van der Waals surface area (Å²) in [7, 11) is 0. The first-order chi connectivity index (χ1) is 16.3. The molecule has 2 aromatic heterocycles. The lowest BCUT2D eigenvalue weighted by Crippen LogP contribution is -2.50. The molecule has 1 aromatic carbocycles. The fourth-order valence-electron chi connectivity index (χ4n) is 4.21. The fourth-order valence-corrected chi connectivity index (χ4v) is 4.37. The quantitative estimate of drug-likeness (QED) is 0.479. The Hall–Kier alpha value is -3.07. The van der Waals surface area contributed by atoms with Crippen LogP contribution in [0.25, 0.3) is 11.2 Å². The van der Waals surface area contributed by atoms with Crippen LogP contribution in [0.2, 0.25) is 5.28 Å². The summed E-state index contributed by atoms with van der Waals surface area (Å²) < 4.78 is 13.7. The summed E-state index contributed by atoms with van der Waals surface area (Å²) in [5, 5.41) is 0.112. The third-order valence-corrected chi connectivity index (χ3v) is 6.35. The summed E-state index contributed by atoms with van der Waals surface area (Å²) in [6, 6.07) is 8.27. The highest BCUT2D eigenvalue weighted by atomic mass is 35.5. The van der Waals surface area contributed by atoms with Crippen molar-refractivity contribution in [1.29, 1.82) is 0 Å². The first-order valence-electron chi connectivity index (χ1n) is 11.7. The summed E-state index contributed by atoms with van der Waals surface area (Å²) in [5.41, 5.74) is 1.90. The van der Waals surface area contributed by atoms with Crippen LogP contribution in [0.1, 0.15) is 46.1 Å². The number of hydrogen-bond donors (Lipinski definition) is 0. The van der Waals surface area contributed by atoms with Crippen molar-refractivity contribution in [3.8, 4) is 11.6 Å². The number of benzene rings is 1. The second-order valence-electron chi connectivity index (χ2n) is 9.76. The van der Waals surface area contributed by atoms with Gasteiger partial charge in [0.15, 0.2) is 11.2 Å². The number of ether oxygens (including phenoxy) is 2. The van der Waals surface area contributed by atoms with E-state index in [1.54, 1.807) is 11.2 Å². The highest BCUT2D eigenvalue weighted by molar-refractivity contribution is 6.28. The zero-order chi connectivity index (χ0) is 23.9. The zero-order valence-electron chi connectivity index (χ0n) is 19.7. The Morgan fingerprint density at radius 1 is 1.06 bits per heavy atom. The van der Waals surface area contributed by atoms with E-state index in [1.807, 2.05) is 45.0 Å². The van der Waals surface area contributed by atoms with Crippen molar-refractivity contribution < 1.29 is 14.3 Å². The molecule has 0 atom stereocenters. The zero-order valence-corrected chi connectivity index (χ0v) is 20.5. The third kappa shape index (κ3) is 4.75. The summed E-state index contributed by atoms with van der Waals surface area (Å²) in [6.45, 7) is 8.36. The SMILES string of the molecule is CC(C)(C)OC(=O)N1CCN(c2ccc(Oc3nc(Cl)nc4ncn(C5CCC5)c34)cc2)CC1. The molecule has 1 aliphatic heterocycles. The predicted octanol–water partition coefficient (Wildman–Crippen LogP) is 5.05. The molecular formula is C24H29ClN6O3. The predicted molar refractivity (Wildman–Crippen MR) is 130 cm³/mol. The normalized spacial score (nSPS) is 17.1. The van der Waals surface area contributed by atoms with Crippen LogP contribution >= 0.6 is 11.6 Å². The molecule has 9 nitrogen and oxygen atoms in total. The van der Waals surface area contributed by atoms with Crippen molar-refractivity contribution in [2.24, 2.45) is 0 Å². The molecular weight excluding hydrogens is 456 g/mol. The number of piperazine rings is 1. The molecule has 3 heterocycles. The number of anilines is 1.